The van der Waals surface area contributed by atoms with Gasteiger partial charge in [0.2, 0.25) is 0 Å². The Balaban J connectivity index is 0.000001000. The fraction of sp³-hybridized carbons (Fsp3) is 0.714. The third-order valence-corrected chi connectivity index (χ3v) is 2.47. The van der Waals surface area contributed by atoms with Crippen molar-refractivity contribution in [1.29, 1.82) is 0 Å². The maximum atomic E-state index is 10.2. The normalized spacial score (nSPS) is 31.5. The summed E-state index contributed by atoms with van der Waals surface area (Å²) < 4.78 is 20.4. The quantitative estimate of drug-likeness (QED) is 0.290. The zero-order chi connectivity index (χ0) is 7.56. The molecule has 0 aromatic rings. The second-order valence-corrected chi connectivity index (χ2v) is 3.60. The molecule has 4 heteroatoms. The van der Waals surface area contributed by atoms with E-state index in [1.165, 1.54) is 0 Å². The van der Waals surface area contributed by atoms with Crippen LogP contribution in [0.5, 0.6) is 0 Å². The van der Waals surface area contributed by atoms with Gasteiger partial charge in [0.15, 0.2) is 0 Å². The third-order valence-electron chi connectivity index (χ3n) is 1.77. The number of rotatable bonds is 3. The molecule has 0 amide bonds. The van der Waals surface area contributed by atoms with Crippen LogP contribution in [0.15, 0.2) is 12.2 Å². The third kappa shape index (κ3) is 4.43. The van der Waals surface area contributed by atoms with E-state index in [4.69, 9.17) is 0 Å². The van der Waals surface area contributed by atoms with Gasteiger partial charge in [-0.15, -0.1) is 0 Å². The van der Waals surface area contributed by atoms with Gasteiger partial charge in [-0.05, 0) is 25.2 Å². The molecule has 0 radical (unpaired) electrons. The van der Waals surface area contributed by atoms with Crippen molar-refractivity contribution >= 4 is 11.1 Å². The Kier molecular flexibility index (Phi) is 5.91. The van der Waals surface area contributed by atoms with E-state index in [9.17, 15) is 8.76 Å². The van der Waals surface area contributed by atoms with Crippen LogP contribution in [0.3, 0.4) is 0 Å². The van der Waals surface area contributed by atoms with Crippen LogP contribution in [0.25, 0.3) is 0 Å². The minimum atomic E-state index is -1.84. The minimum absolute atomic E-state index is 0. The van der Waals surface area contributed by atoms with Crippen molar-refractivity contribution in [2.24, 2.45) is 11.8 Å². The summed E-state index contributed by atoms with van der Waals surface area (Å²) in [5.41, 5.74) is 0. The smallest absolute Gasteiger partial charge is 0.772 e. The molecule has 0 heterocycles. The molecule has 1 aliphatic rings. The summed E-state index contributed by atoms with van der Waals surface area (Å²) >= 11 is -1.84. The van der Waals surface area contributed by atoms with E-state index in [1.807, 2.05) is 13.0 Å². The van der Waals surface area contributed by atoms with Gasteiger partial charge in [0.25, 0.3) is 0 Å². The van der Waals surface area contributed by atoms with Crippen molar-refractivity contribution in [1.82, 2.24) is 0 Å². The maximum absolute atomic E-state index is 10.2. The molecule has 0 saturated heterocycles. The van der Waals surface area contributed by atoms with Crippen LogP contribution in [0.2, 0.25) is 0 Å². The first-order valence-electron chi connectivity index (χ1n) is 3.42. The molecule has 0 spiro atoms. The summed E-state index contributed by atoms with van der Waals surface area (Å²) in [6, 6.07) is 0. The molecular formula is C7H11NaO2S. The summed E-state index contributed by atoms with van der Waals surface area (Å²) in [6.45, 7) is 1.96. The molecule has 0 bridgehead atoms. The molecule has 11 heavy (non-hydrogen) atoms. The van der Waals surface area contributed by atoms with Gasteiger partial charge in [0.1, 0.15) is 0 Å². The minimum Gasteiger partial charge on any atom is -0.772 e. The molecule has 0 aliphatic heterocycles. The summed E-state index contributed by atoms with van der Waals surface area (Å²) in [7, 11) is 0. The molecule has 1 rings (SSSR count). The van der Waals surface area contributed by atoms with Gasteiger partial charge < -0.3 is 4.55 Å². The standard InChI is InChI=1S/C7H12O2S.Na/c1-2-3-6-4-7(6)5-10(8)9;/h2-3,6-7H,4-5H2,1H3,(H,8,9);/q;+1/p-1/b3-2+;/t6-,7+;/m0./s1. The molecule has 1 saturated carbocycles. The van der Waals surface area contributed by atoms with Gasteiger partial charge in [-0.3, -0.25) is 4.21 Å². The predicted octanol–water partition coefficient (Wildman–Crippen LogP) is -1.92. The van der Waals surface area contributed by atoms with Crippen LogP contribution in [0.4, 0.5) is 0 Å². The first kappa shape index (κ1) is 11.8. The van der Waals surface area contributed by atoms with E-state index in [2.05, 4.69) is 6.08 Å². The molecule has 1 fully saturated rings. The van der Waals surface area contributed by atoms with E-state index < -0.39 is 11.1 Å². The van der Waals surface area contributed by atoms with Gasteiger partial charge in [0, 0.05) is 5.75 Å². The SMILES string of the molecule is C/C=C/[C@H]1C[C@@H]1CS(=O)[O-].[Na+]. The van der Waals surface area contributed by atoms with E-state index in [0.29, 0.717) is 17.6 Å². The molecule has 3 atom stereocenters. The van der Waals surface area contributed by atoms with Crippen LogP contribution in [0, 0.1) is 11.8 Å². The summed E-state index contributed by atoms with van der Waals surface area (Å²) in [6.07, 6.45) is 5.12. The van der Waals surface area contributed by atoms with Crippen LogP contribution >= 0.6 is 0 Å². The Labute approximate surface area is 92.0 Å². The fourth-order valence-electron chi connectivity index (χ4n) is 1.12. The molecule has 2 nitrogen and oxygen atoms in total. The van der Waals surface area contributed by atoms with E-state index >= 15 is 0 Å². The molecule has 0 aromatic carbocycles. The Bertz CT molecular complexity index is 170. The van der Waals surface area contributed by atoms with Gasteiger partial charge in [-0.2, -0.15) is 0 Å². The van der Waals surface area contributed by atoms with Crippen molar-refractivity contribution in [2.45, 2.75) is 13.3 Å². The van der Waals surface area contributed by atoms with Crippen LogP contribution in [-0.4, -0.2) is 14.5 Å². The zero-order valence-electron chi connectivity index (χ0n) is 6.95. The van der Waals surface area contributed by atoms with E-state index in [1.54, 1.807) is 0 Å². The van der Waals surface area contributed by atoms with Crippen molar-refractivity contribution in [3.8, 4) is 0 Å². The van der Waals surface area contributed by atoms with Crippen LogP contribution in [-0.2, 0) is 11.1 Å². The average molecular weight is 182 g/mol. The second-order valence-electron chi connectivity index (χ2n) is 2.66. The molecule has 0 aromatic heterocycles. The maximum Gasteiger partial charge on any atom is 1.00 e. The Morgan fingerprint density at radius 2 is 2.36 bits per heavy atom. The summed E-state index contributed by atoms with van der Waals surface area (Å²) in [5, 5.41) is 0. The molecular weight excluding hydrogens is 171 g/mol. The van der Waals surface area contributed by atoms with Gasteiger partial charge >= 0.3 is 29.6 Å². The van der Waals surface area contributed by atoms with E-state index in [-0.39, 0.29) is 29.6 Å². The van der Waals surface area contributed by atoms with Crippen molar-refractivity contribution in [3.05, 3.63) is 12.2 Å². The average Bonchev–Trinajstić information content (AvgIpc) is 2.47. The second kappa shape index (κ2) is 5.49. The van der Waals surface area contributed by atoms with Gasteiger partial charge in [-0.25, -0.2) is 0 Å². The molecule has 1 aliphatic carbocycles. The predicted molar refractivity (Wildman–Crippen MR) is 40.2 cm³/mol. The Morgan fingerprint density at radius 3 is 2.82 bits per heavy atom. The molecule has 0 N–H and O–H groups in total. The monoisotopic (exact) mass is 182 g/mol. The topological polar surface area (TPSA) is 40.1 Å². The van der Waals surface area contributed by atoms with Gasteiger partial charge in [0.05, 0.1) is 0 Å². The van der Waals surface area contributed by atoms with Crippen molar-refractivity contribution in [3.63, 3.8) is 0 Å². The largest absolute Gasteiger partial charge is 1.00 e. The van der Waals surface area contributed by atoms with Crippen LogP contribution in [0.1, 0.15) is 13.3 Å². The first-order chi connectivity index (χ1) is 4.74. The van der Waals surface area contributed by atoms with E-state index in [0.717, 1.165) is 6.42 Å². The number of hydrogen-bond donors (Lipinski definition) is 0. The summed E-state index contributed by atoms with van der Waals surface area (Å²) in [5.74, 6) is 1.30. The van der Waals surface area contributed by atoms with Crippen LogP contribution < -0.4 is 29.6 Å². The molecule has 58 valence electrons. The van der Waals surface area contributed by atoms with Crippen molar-refractivity contribution in [2.75, 3.05) is 5.75 Å². The Hall–Kier alpha value is 0.850. The fourth-order valence-corrected chi connectivity index (χ4v) is 1.85. The number of hydrogen-bond acceptors (Lipinski definition) is 2. The summed E-state index contributed by atoms with van der Waals surface area (Å²) in [4.78, 5) is 0. The molecule has 1 unspecified atom stereocenters. The first-order valence-corrected chi connectivity index (χ1v) is 4.67. The Morgan fingerprint density at radius 1 is 1.73 bits per heavy atom. The zero-order valence-corrected chi connectivity index (χ0v) is 9.76. The van der Waals surface area contributed by atoms with Gasteiger partial charge in [-0.1, -0.05) is 23.2 Å². The number of allylic oxidation sites excluding steroid dienone is 2. The van der Waals surface area contributed by atoms with Crippen molar-refractivity contribution < 1.29 is 38.3 Å².